The molecule has 2 aliphatic heterocycles. The summed E-state index contributed by atoms with van der Waals surface area (Å²) in [6, 6.07) is 5.05. The van der Waals surface area contributed by atoms with Gasteiger partial charge < -0.3 is 15.2 Å². The van der Waals surface area contributed by atoms with Crippen molar-refractivity contribution in [1.29, 1.82) is 0 Å². The van der Waals surface area contributed by atoms with Crippen LogP contribution in [0, 0.1) is 11.8 Å². The monoisotopic (exact) mass is 339 g/mol. The van der Waals surface area contributed by atoms with E-state index in [4.69, 9.17) is 5.73 Å². The van der Waals surface area contributed by atoms with Crippen molar-refractivity contribution in [1.82, 2.24) is 9.47 Å². The second-order valence-electron chi connectivity index (χ2n) is 7.18. The lowest BCUT2D eigenvalue weighted by molar-refractivity contribution is -0.135. The lowest BCUT2D eigenvalue weighted by Gasteiger charge is -2.43. The highest BCUT2D eigenvalue weighted by molar-refractivity contribution is 5.85. The van der Waals surface area contributed by atoms with E-state index < -0.39 is 6.04 Å². The van der Waals surface area contributed by atoms with E-state index in [1.54, 1.807) is 6.07 Å². The molecule has 1 fully saturated rings. The number of hydrogen-bond acceptors (Lipinski definition) is 3. The molecule has 2 bridgehead atoms. The van der Waals surface area contributed by atoms with Crippen LogP contribution in [0.2, 0.25) is 0 Å². The highest BCUT2D eigenvalue weighted by Crippen LogP contribution is 2.35. The number of carbonyl (C=O) groups excluding carboxylic acids is 1. The van der Waals surface area contributed by atoms with Crippen molar-refractivity contribution in [2.24, 2.45) is 17.6 Å². The normalized spacial score (nSPS) is 23.9. The third-order valence-electron chi connectivity index (χ3n) is 4.83. The molecule has 5 nitrogen and oxygen atoms in total. The van der Waals surface area contributed by atoms with E-state index in [0.717, 1.165) is 25.1 Å². The number of amides is 1. The van der Waals surface area contributed by atoms with Gasteiger partial charge in [-0.1, -0.05) is 19.9 Å². The third kappa shape index (κ3) is 3.61. The van der Waals surface area contributed by atoms with Crippen LogP contribution < -0.4 is 11.3 Å². The fourth-order valence-corrected chi connectivity index (χ4v) is 3.92. The molecule has 2 N–H and O–H groups in total. The van der Waals surface area contributed by atoms with Crippen LogP contribution in [-0.4, -0.2) is 34.5 Å². The van der Waals surface area contributed by atoms with Crippen molar-refractivity contribution in [3.05, 3.63) is 34.2 Å². The van der Waals surface area contributed by atoms with Gasteiger partial charge in [0.15, 0.2) is 0 Å². The molecule has 0 aromatic carbocycles. The van der Waals surface area contributed by atoms with Crippen LogP contribution in [0.25, 0.3) is 0 Å². The Balaban J connectivity index is 0.00000192. The molecule has 0 aliphatic carbocycles. The van der Waals surface area contributed by atoms with Gasteiger partial charge in [0.1, 0.15) is 0 Å². The van der Waals surface area contributed by atoms with Crippen LogP contribution in [0.5, 0.6) is 0 Å². The predicted molar refractivity (Wildman–Crippen MR) is 92.8 cm³/mol. The van der Waals surface area contributed by atoms with Gasteiger partial charge in [0, 0.05) is 37.3 Å². The smallest absolute Gasteiger partial charge is 0.250 e. The van der Waals surface area contributed by atoms with Gasteiger partial charge in [-0.3, -0.25) is 9.59 Å². The number of pyridine rings is 1. The fourth-order valence-electron chi connectivity index (χ4n) is 3.92. The molecule has 0 spiro atoms. The molecule has 128 valence electrons. The maximum atomic E-state index is 12.6. The van der Waals surface area contributed by atoms with Crippen molar-refractivity contribution in [3.63, 3.8) is 0 Å². The molecule has 1 aromatic rings. The Morgan fingerprint density at radius 3 is 2.74 bits per heavy atom. The molecule has 6 heteroatoms. The van der Waals surface area contributed by atoms with E-state index >= 15 is 0 Å². The highest BCUT2D eigenvalue weighted by Gasteiger charge is 2.37. The van der Waals surface area contributed by atoms with Crippen LogP contribution in [-0.2, 0) is 11.3 Å². The first-order valence-electron chi connectivity index (χ1n) is 8.19. The summed E-state index contributed by atoms with van der Waals surface area (Å²) < 4.78 is 1.88. The van der Waals surface area contributed by atoms with Gasteiger partial charge in [-0.15, -0.1) is 12.4 Å². The van der Waals surface area contributed by atoms with Gasteiger partial charge in [-0.05, 0) is 30.7 Å². The summed E-state index contributed by atoms with van der Waals surface area (Å²) in [4.78, 5) is 26.5. The fraction of sp³-hybridized carbons (Fsp3) is 0.647. The zero-order valence-corrected chi connectivity index (χ0v) is 14.6. The van der Waals surface area contributed by atoms with Crippen LogP contribution in [0.15, 0.2) is 23.0 Å². The minimum atomic E-state index is -0.406. The van der Waals surface area contributed by atoms with Gasteiger partial charge in [0.2, 0.25) is 5.91 Å². The number of aromatic nitrogens is 1. The number of hydrogen-bond donors (Lipinski definition) is 1. The van der Waals surface area contributed by atoms with Gasteiger partial charge in [0.05, 0.1) is 6.04 Å². The molecular weight excluding hydrogens is 314 g/mol. The van der Waals surface area contributed by atoms with Gasteiger partial charge >= 0.3 is 0 Å². The van der Waals surface area contributed by atoms with Crippen molar-refractivity contribution in [3.8, 4) is 0 Å². The summed E-state index contributed by atoms with van der Waals surface area (Å²) in [5.74, 6) is 1.11. The Kier molecular flexibility index (Phi) is 5.53. The van der Waals surface area contributed by atoms with Crippen molar-refractivity contribution >= 4 is 18.3 Å². The largest absolute Gasteiger partial charge is 0.340 e. The van der Waals surface area contributed by atoms with Crippen molar-refractivity contribution in [2.45, 2.75) is 45.2 Å². The number of rotatable bonds is 3. The Hall–Kier alpha value is -1.33. The summed E-state index contributed by atoms with van der Waals surface area (Å²) in [5, 5.41) is 0. The van der Waals surface area contributed by atoms with E-state index in [0.29, 0.717) is 24.9 Å². The van der Waals surface area contributed by atoms with Crippen LogP contribution in [0.4, 0.5) is 0 Å². The lowest BCUT2D eigenvalue weighted by atomic mass is 9.83. The Labute approximate surface area is 143 Å². The van der Waals surface area contributed by atoms with Gasteiger partial charge in [-0.25, -0.2) is 0 Å². The molecule has 3 rings (SSSR count). The number of fused-ring (bicyclic) bond motifs is 4. The number of carbonyl (C=O) groups is 1. The second kappa shape index (κ2) is 7.05. The van der Waals surface area contributed by atoms with Crippen molar-refractivity contribution in [2.75, 3.05) is 13.1 Å². The van der Waals surface area contributed by atoms with Crippen LogP contribution in [0.1, 0.15) is 38.3 Å². The van der Waals surface area contributed by atoms with E-state index in [1.165, 1.54) is 0 Å². The molecule has 0 radical (unpaired) electrons. The molecule has 2 aliphatic rings. The number of halogens is 1. The molecule has 1 saturated heterocycles. The lowest BCUT2D eigenvalue weighted by Crippen LogP contribution is -2.53. The third-order valence-corrected chi connectivity index (χ3v) is 4.83. The molecular formula is C17H26ClN3O2. The van der Waals surface area contributed by atoms with E-state index in [9.17, 15) is 9.59 Å². The molecule has 0 saturated carbocycles. The molecule has 3 atom stereocenters. The average Bonchev–Trinajstić information content (AvgIpc) is 2.46. The minimum Gasteiger partial charge on any atom is -0.340 e. The van der Waals surface area contributed by atoms with E-state index in [2.05, 4.69) is 13.8 Å². The molecule has 0 unspecified atom stereocenters. The Bertz CT molecular complexity index is 629. The van der Waals surface area contributed by atoms with E-state index in [-0.39, 0.29) is 29.8 Å². The standard InChI is InChI=1S/C17H25N3O2.ClH/c1-11(2)6-14(18)17(22)19-8-12-7-13(10-19)15-4-3-5-16(21)20(15)9-12;/h3-5,11-14H,6-10,18H2,1-2H3;1H/t12-,13+,14+;/m1./s1. The maximum absolute atomic E-state index is 12.6. The molecule has 23 heavy (non-hydrogen) atoms. The highest BCUT2D eigenvalue weighted by atomic mass is 35.5. The van der Waals surface area contributed by atoms with Gasteiger partial charge in [0.25, 0.3) is 5.56 Å². The topological polar surface area (TPSA) is 68.3 Å². The zero-order valence-electron chi connectivity index (χ0n) is 13.8. The zero-order chi connectivity index (χ0) is 15.9. The second-order valence-corrected chi connectivity index (χ2v) is 7.18. The first kappa shape index (κ1) is 18.0. The minimum absolute atomic E-state index is 0. The van der Waals surface area contributed by atoms with Crippen molar-refractivity contribution < 1.29 is 4.79 Å². The number of nitrogens with two attached hydrogens (primary N) is 1. The summed E-state index contributed by atoms with van der Waals surface area (Å²) in [7, 11) is 0. The first-order valence-corrected chi connectivity index (χ1v) is 8.19. The summed E-state index contributed by atoms with van der Waals surface area (Å²) in [6.07, 6.45) is 1.79. The number of piperidine rings is 1. The number of likely N-dealkylation sites (tertiary alicyclic amines) is 1. The molecule has 1 amide bonds. The molecule has 1 aromatic heterocycles. The summed E-state index contributed by atoms with van der Waals surface area (Å²) in [5.41, 5.74) is 7.21. The summed E-state index contributed by atoms with van der Waals surface area (Å²) >= 11 is 0. The Morgan fingerprint density at radius 1 is 1.30 bits per heavy atom. The van der Waals surface area contributed by atoms with Gasteiger partial charge in [-0.2, -0.15) is 0 Å². The Morgan fingerprint density at radius 2 is 2.04 bits per heavy atom. The predicted octanol–water partition coefficient (Wildman–Crippen LogP) is 1.59. The number of nitrogens with zero attached hydrogens (tertiary/aromatic N) is 2. The van der Waals surface area contributed by atoms with Crippen LogP contribution >= 0.6 is 12.4 Å². The van der Waals surface area contributed by atoms with E-state index in [1.807, 2.05) is 21.6 Å². The molecule has 3 heterocycles. The SMILES string of the molecule is CC(C)C[C@H](N)C(=O)N1C[C@H]2C[C@@H](C1)c1cccc(=O)n1C2.Cl. The quantitative estimate of drug-likeness (QED) is 0.909. The average molecular weight is 340 g/mol. The summed E-state index contributed by atoms with van der Waals surface area (Å²) in [6.45, 7) is 6.29. The van der Waals surface area contributed by atoms with Crippen LogP contribution in [0.3, 0.4) is 0 Å². The first-order chi connectivity index (χ1) is 10.5. The maximum Gasteiger partial charge on any atom is 0.250 e.